The van der Waals surface area contributed by atoms with Gasteiger partial charge in [-0.25, -0.2) is 0 Å². The van der Waals surface area contributed by atoms with Gasteiger partial charge in [-0.1, -0.05) is 41.9 Å². The van der Waals surface area contributed by atoms with E-state index in [1.807, 2.05) is 36.4 Å². The number of carbonyl (C=O) groups is 1. The van der Waals surface area contributed by atoms with Gasteiger partial charge in [-0.15, -0.1) is 0 Å². The first-order chi connectivity index (χ1) is 11.2. The van der Waals surface area contributed by atoms with Gasteiger partial charge in [0.25, 0.3) is 5.91 Å². The lowest BCUT2D eigenvalue weighted by Gasteiger charge is -2.15. The van der Waals surface area contributed by atoms with E-state index in [0.717, 1.165) is 16.5 Å². The molecule has 3 rings (SSSR count). The monoisotopic (exact) mass is 346 g/mol. The SMILES string of the molecule is O=C(NCC(CO)c1ccc(Cl)cc1)c1snc2ccccc12. The van der Waals surface area contributed by atoms with Crippen LogP contribution < -0.4 is 5.32 Å². The summed E-state index contributed by atoms with van der Waals surface area (Å²) in [5.74, 6) is -0.341. The number of nitrogens with one attached hydrogen (secondary N) is 1. The summed E-state index contributed by atoms with van der Waals surface area (Å²) in [5, 5.41) is 13.9. The Morgan fingerprint density at radius 3 is 2.70 bits per heavy atom. The Kier molecular flexibility index (Phi) is 4.91. The number of carbonyl (C=O) groups excluding carboxylic acids is 1. The van der Waals surface area contributed by atoms with E-state index >= 15 is 0 Å². The molecular weight excluding hydrogens is 332 g/mol. The third kappa shape index (κ3) is 3.52. The summed E-state index contributed by atoms with van der Waals surface area (Å²) in [4.78, 5) is 13.0. The minimum Gasteiger partial charge on any atom is -0.396 e. The molecule has 23 heavy (non-hydrogen) atoms. The van der Waals surface area contributed by atoms with Crippen LogP contribution in [0.3, 0.4) is 0 Å². The van der Waals surface area contributed by atoms with Gasteiger partial charge < -0.3 is 10.4 Å². The first-order valence-electron chi connectivity index (χ1n) is 7.18. The molecule has 1 atom stereocenters. The maximum absolute atomic E-state index is 12.4. The Bertz CT molecular complexity index is 817. The summed E-state index contributed by atoms with van der Waals surface area (Å²) in [7, 11) is 0. The number of nitrogens with zero attached hydrogens (tertiary/aromatic N) is 1. The van der Waals surface area contributed by atoms with Crippen LogP contribution in [0.15, 0.2) is 48.5 Å². The number of aliphatic hydroxyl groups is 1. The molecule has 0 radical (unpaired) electrons. The Labute approximate surface area is 142 Å². The number of rotatable bonds is 5. The minimum atomic E-state index is -0.171. The molecule has 2 aromatic carbocycles. The van der Waals surface area contributed by atoms with Crippen molar-refractivity contribution in [3.8, 4) is 0 Å². The molecule has 3 aromatic rings. The molecule has 6 heteroatoms. The number of hydrogen-bond donors (Lipinski definition) is 2. The van der Waals surface area contributed by atoms with Crippen molar-refractivity contribution in [1.29, 1.82) is 0 Å². The first kappa shape index (κ1) is 15.9. The van der Waals surface area contributed by atoms with Gasteiger partial charge >= 0.3 is 0 Å². The summed E-state index contributed by atoms with van der Waals surface area (Å²) in [6.45, 7) is 0.300. The molecule has 4 nitrogen and oxygen atoms in total. The summed E-state index contributed by atoms with van der Waals surface area (Å²) >= 11 is 7.06. The fraction of sp³-hybridized carbons (Fsp3) is 0.176. The number of aromatic nitrogens is 1. The number of benzene rings is 2. The standard InChI is InChI=1S/C17H15ClN2O2S/c18-13-7-5-11(6-8-13)12(10-21)9-19-17(22)16-14-3-1-2-4-15(14)20-23-16/h1-8,12,21H,9-10H2,(H,19,22). The zero-order valence-corrected chi connectivity index (χ0v) is 13.8. The molecule has 0 fully saturated rings. The van der Waals surface area contributed by atoms with Crippen LogP contribution in [0, 0.1) is 0 Å². The van der Waals surface area contributed by atoms with Crippen molar-refractivity contribution in [1.82, 2.24) is 9.69 Å². The van der Waals surface area contributed by atoms with Gasteiger partial charge in [0.2, 0.25) is 0 Å². The minimum absolute atomic E-state index is 0.0502. The second kappa shape index (κ2) is 7.08. The average molecular weight is 347 g/mol. The van der Waals surface area contributed by atoms with Gasteiger partial charge in [0.15, 0.2) is 0 Å². The van der Waals surface area contributed by atoms with Crippen molar-refractivity contribution in [3.63, 3.8) is 0 Å². The third-order valence-corrected chi connectivity index (χ3v) is 4.79. The number of hydrogen-bond acceptors (Lipinski definition) is 4. The highest BCUT2D eigenvalue weighted by Gasteiger charge is 2.16. The molecule has 0 aliphatic heterocycles. The van der Waals surface area contributed by atoms with Crippen molar-refractivity contribution in [2.75, 3.05) is 13.2 Å². The molecule has 0 aliphatic carbocycles. The van der Waals surface area contributed by atoms with E-state index in [1.54, 1.807) is 12.1 Å². The van der Waals surface area contributed by atoms with Crippen LogP contribution >= 0.6 is 23.1 Å². The molecule has 0 saturated carbocycles. The van der Waals surface area contributed by atoms with Crippen molar-refractivity contribution in [2.45, 2.75) is 5.92 Å². The second-order valence-corrected chi connectivity index (χ2v) is 6.38. The zero-order valence-electron chi connectivity index (χ0n) is 12.2. The Morgan fingerprint density at radius 1 is 1.22 bits per heavy atom. The van der Waals surface area contributed by atoms with Gasteiger partial charge in [0.05, 0.1) is 12.1 Å². The third-order valence-electron chi connectivity index (χ3n) is 3.66. The zero-order chi connectivity index (χ0) is 16.2. The average Bonchev–Trinajstić information content (AvgIpc) is 3.01. The Hall–Kier alpha value is -1.95. The molecule has 118 valence electrons. The van der Waals surface area contributed by atoms with Gasteiger partial charge in [0.1, 0.15) is 4.88 Å². The lowest BCUT2D eigenvalue weighted by atomic mass is 10.00. The maximum Gasteiger partial charge on any atom is 0.263 e. The molecule has 1 heterocycles. The molecule has 0 aliphatic rings. The van der Waals surface area contributed by atoms with Gasteiger partial charge in [0, 0.05) is 22.9 Å². The van der Waals surface area contributed by atoms with E-state index in [2.05, 4.69) is 9.69 Å². The molecular formula is C17H15ClN2O2S. The van der Waals surface area contributed by atoms with Crippen LogP contribution in [-0.4, -0.2) is 28.5 Å². The number of halogens is 1. The van der Waals surface area contributed by atoms with E-state index in [1.165, 1.54) is 11.5 Å². The molecule has 1 aromatic heterocycles. The Morgan fingerprint density at radius 2 is 1.96 bits per heavy atom. The van der Waals surface area contributed by atoms with E-state index in [0.29, 0.717) is 16.4 Å². The summed E-state index contributed by atoms with van der Waals surface area (Å²) in [6, 6.07) is 14.8. The highest BCUT2D eigenvalue weighted by Crippen LogP contribution is 2.22. The smallest absolute Gasteiger partial charge is 0.263 e. The van der Waals surface area contributed by atoms with Crippen LogP contribution in [-0.2, 0) is 0 Å². The van der Waals surface area contributed by atoms with Crippen molar-refractivity contribution in [3.05, 3.63) is 64.0 Å². The van der Waals surface area contributed by atoms with Gasteiger partial charge in [-0.2, -0.15) is 4.37 Å². The Balaban J connectivity index is 1.71. The van der Waals surface area contributed by atoms with E-state index in [4.69, 9.17) is 11.6 Å². The van der Waals surface area contributed by atoms with Crippen LogP contribution in [0.2, 0.25) is 5.02 Å². The van der Waals surface area contributed by atoms with Crippen molar-refractivity contribution in [2.24, 2.45) is 0 Å². The fourth-order valence-electron chi connectivity index (χ4n) is 2.37. The van der Waals surface area contributed by atoms with Crippen LogP contribution in [0.1, 0.15) is 21.2 Å². The summed E-state index contributed by atoms with van der Waals surface area (Å²) in [6.07, 6.45) is 0. The first-order valence-corrected chi connectivity index (χ1v) is 8.33. The maximum atomic E-state index is 12.4. The molecule has 1 amide bonds. The number of aliphatic hydroxyl groups excluding tert-OH is 1. The topological polar surface area (TPSA) is 62.2 Å². The van der Waals surface area contributed by atoms with E-state index in [9.17, 15) is 9.90 Å². The van der Waals surface area contributed by atoms with E-state index < -0.39 is 0 Å². The highest BCUT2D eigenvalue weighted by molar-refractivity contribution is 7.09. The van der Waals surface area contributed by atoms with Crippen LogP contribution in [0.4, 0.5) is 0 Å². The van der Waals surface area contributed by atoms with Crippen molar-refractivity contribution >= 4 is 39.9 Å². The van der Waals surface area contributed by atoms with Gasteiger partial charge in [-0.05, 0) is 35.3 Å². The predicted octanol–water partition coefficient (Wildman–Crippen LogP) is 3.46. The van der Waals surface area contributed by atoms with Gasteiger partial charge in [-0.3, -0.25) is 4.79 Å². The predicted molar refractivity (Wildman–Crippen MR) is 93.2 cm³/mol. The highest BCUT2D eigenvalue weighted by atomic mass is 35.5. The van der Waals surface area contributed by atoms with Crippen molar-refractivity contribution < 1.29 is 9.90 Å². The molecule has 0 saturated heterocycles. The lowest BCUT2D eigenvalue weighted by Crippen LogP contribution is -2.29. The van der Waals surface area contributed by atoms with Crippen LogP contribution in [0.25, 0.3) is 10.9 Å². The molecule has 2 N–H and O–H groups in total. The quantitative estimate of drug-likeness (QED) is 0.743. The molecule has 0 bridgehead atoms. The largest absolute Gasteiger partial charge is 0.396 e. The lowest BCUT2D eigenvalue weighted by molar-refractivity contribution is 0.0953. The summed E-state index contributed by atoms with van der Waals surface area (Å²) < 4.78 is 4.27. The van der Waals surface area contributed by atoms with Crippen LogP contribution in [0.5, 0.6) is 0 Å². The fourth-order valence-corrected chi connectivity index (χ4v) is 3.27. The molecule has 1 unspecified atom stereocenters. The normalized spacial score (nSPS) is 12.3. The number of amides is 1. The number of fused-ring (bicyclic) bond motifs is 1. The van der Waals surface area contributed by atoms with E-state index in [-0.39, 0.29) is 18.4 Å². The molecule has 0 spiro atoms. The second-order valence-electron chi connectivity index (χ2n) is 5.17. The summed E-state index contributed by atoms with van der Waals surface area (Å²) in [5.41, 5.74) is 1.76.